The molecule has 0 aromatic carbocycles. The number of piperidine rings is 1. The van der Waals surface area contributed by atoms with Gasteiger partial charge in [-0.25, -0.2) is 18.4 Å². The molecule has 0 bridgehead atoms. The first-order valence-electron chi connectivity index (χ1n) is 10.7. The number of hydrogen-bond donors (Lipinski definition) is 0. The first-order valence-corrected chi connectivity index (χ1v) is 12.6. The molecule has 1 aliphatic heterocycles. The Balaban J connectivity index is 1.17. The van der Waals surface area contributed by atoms with Crippen molar-refractivity contribution >= 4 is 15.8 Å². The van der Waals surface area contributed by atoms with E-state index in [9.17, 15) is 8.42 Å². The lowest BCUT2D eigenvalue weighted by atomic mass is 9.91. The highest BCUT2D eigenvalue weighted by molar-refractivity contribution is 7.90. The molecule has 4 rings (SSSR count). The number of pyridine rings is 1. The molecule has 0 spiro atoms. The highest BCUT2D eigenvalue weighted by atomic mass is 32.2. The maximum atomic E-state index is 11.5. The number of nitrogens with zero attached hydrogens (tertiary/aromatic N) is 4. The van der Waals surface area contributed by atoms with Crippen molar-refractivity contribution in [3.63, 3.8) is 0 Å². The fourth-order valence-electron chi connectivity index (χ4n) is 4.29. The summed E-state index contributed by atoms with van der Waals surface area (Å²) in [5, 5.41) is 0. The number of aryl methyl sites for hydroxylation is 1. The fourth-order valence-corrected chi connectivity index (χ4v) is 4.85. The van der Waals surface area contributed by atoms with Crippen LogP contribution in [0.3, 0.4) is 0 Å². The summed E-state index contributed by atoms with van der Waals surface area (Å²) in [5.41, 5.74) is 1.94. The standard InChI is InChI=1S/C22H30N4O3S/c1-3-16-11-24-22(25-12-16)26-8-6-17(7-9-26)21-10-18(21)14-29-15-19-4-5-20(13-23-19)30(2,27)28/h4-5,11-13,17-18,21H,3,6-10,14-15H2,1-2H3/t18-,21+/m0/s1. The molecular formula is C22H30N4O3S. The Hall–Kier alpha value is -2.06. The molecular weight excluding hydrogens is 400 g/mol. The topological polar surface area (TPSA) is 85.3 Å². The largest absolute Gasteiger partial charge is 0.375 e. The quantitative estimate of drug-likeness (QED) is 0.636. The van der Waals surface area contributed by atoms with Crippen LogP contribution in [0.4, 0.5) is 5.95 Å². The maximum absolute atomic E-state index is 11.5. The second-order valence-corrected chi connectivity index (χ2v) is 10.5. The number of ether oxygens (including phenoxy) is 1. The SMILES string of the molecule is CCc1cnc(N2CCC([C@H]3C[C@H]3COCc3ccc(S(C)(=O)=O)cn3)CC2)nc1. The van der Waals surface area contributed by atoms with Gasteiger partial charge in [-0.15, -0.1) is 0 Å². The van der Waals surface area contributed by atoms with E-state index in [-0.39, 0.29) is 4.90 Å². The van der Waals surface area contributed by atoms with Gasteiger partial charge in [0, 0.05) is 37.9 Å². The predicted octanol–water partition coefficient (Wildman–Crippen LogP) is 2.91. The van der Waals surface area contributed by atoms with Gasteiger partial charge in [0.2, 0.25) is 5.95 Å². The van der Waals surface area contributed by atoms with E-state index in [0.717, 1.165) is 49.6 Å². The van der Waals surface area contributed by atoms with Crippen molar-refractivity contribution in [2.75, 3.05) is 30.9 Å². The lowest BCUT2D eigenvalue weighted by Gasteiger charge is -2.32. The van der Waals surface area contributed by atoms with Crippen LogP contribution in [-0.2, 0) is 27.6 Å². The molecule has 2 aliphatic rings. The summed E-state index contributed by atoms with van der Waals surface area (Å²) in [6.07, 6.45) is 11.1. The third-order valence-electron chi connectivity index (χ3n) is 6.31. The van der Waals surface area contributed by atoms with E-state index in [1.165, 1.54) is 37.3 Å². The zero-order valence-corrected chi connectivity index (χ0v) is 18.5. The average molecular weight is 431 g/mol. The van der Waals surface area contributed by atoms with Gasteiger partial charge < -0.3 is 9.64 Å². The third kappa shape index (κ3) is 5.16. The molecule has 30 heavy (non-hydrogen) atoms. The van der Waals surface area contributed by atoms with Crippen LogP contribution in [0.2, 0.25) is 0 Å². The summed E-state index contributed by atoms with van der Waals surface area (Å²) in [6.45, 7) is 5.34. The summed E-state index contributed by atoms with van der Waals surface area (Å²) in [6, 6.07) is 3.32. The van der Waals surface area contributed by atoms with Gasteiger partial charge in [0.25, 0.3) is 0 Å². The maximum Gasteiger partial charge on any atom is 0.225 e. The van der Waals surface area contributed by atoms with Gasteiger partial charge in [-0.2, -0.15) is 0 Å². The molecule has 2 aromatic heterocycles. The van der Waals surface area contributed by atoms with Crippen LogP contribution >= 0.6 is 0 Å². The summed E-state index contributed by atoms with van der Waals surface area (Å²) in [4.78, 5) is 15.8. The number of anilines is 1. The molecule has 2 fully saturated rings. The Morgan fingerprint density at radius 3 is 2.43 bits per heavy atom. The van der Waals surface area contributed by atoms with E-state index in [1.807, 2.05) is 12.4 Å². The van der Waals surface area contributed by atoms with E-state index >= 15 is 0 Å². The van der Waals surface area contributed by atoms with Crippen LogP contribution in [0.15, 0.2) is 35.6 Å². The summed E-state index contributed by atoms with van der Waals surface area (Å²) in [7, 11) is -3.20. The Kier molecular flexibility index (Phi) is 6.34. The monoisotopic (exact) mass is 430 g/mol. The van der Waals surface area contributed by atoms with E-state index in [0.29, 0.717) is 12.5 Å². The van der Waals surface area contributed by atoms with Crippen LogP contribution in [0.25, 0.3) is 0 Å². The van der Waals surface area contributed by atoms with Crippen LogP contribution in [-0.4, -0.2) is 49.3 Å². The van der Waals surface area contributed by atoms with Gasteiger partial charge in [-0.1, -0.05) is 6.92 Å². The third-order valence-corrected chi connectivity index (χ3v) is 7.41. The van der Waals surface area contributed by atoms with Crippen LogP contribution < -0.4 is 4.90 Å². The first-order chi connectivity index (χ1) is 14.4. The van der Waals surface area contributed by atoms with Gasteiger partial charge in [0.15, 0.2) is 9.84 Å². The normalized spacial score (nSPS) is 22.3. The highest BCUT2D eigenvalue weighted by Gasteiger charge is 2.43. The van der Waals surface area contributed by atoms with Crippen molar-refractivity contribution < 1.29 is 13.2 Å². The van der Waals surface area contributed by atoms with Gasteiger partial charge in [-0.3, -0.25) is 4.98 Å². The molecule has 1 saturated carbocycles. The fraction of sp³-hybridized carbons (Fsp3) is 0.591. The smallest absolute Gasteiger partial charge is 0.225 e. The van der Waals surface area contributed by atoms with Crippen molar-refractivity contribution in [2.45, 2.75) is 44.1 Å². The lowest BCUT2D eigenvalue weighted by Crippen LogP contribution is -2.35. The van der Waals surface area contributed by atoms with Crippen molar-refractivity contribution in [1.82, 2.24) is 15.0 Å². The Bertz CT molecular complexity index is 939. The predicted molar refractivity (Wildman–Crippen MR) is 115 cm³/mol. The molecule has 3 heterocycles. The van der Waals surface area contributed by atoms with E-state index in [1.54, 1.807) is 12.1 Å². The molecule has 1 aliphatic carbocycles. The minimum Gasteiger partial charge on any atom is -0.375 e. The Morgan fingerprint density at radius 2 is 1.83 bits per heavy atom. The number of sulfone groups is 1. The molecule has 2 atom stereocenters. The molecule has 162 valence electrons. The number of rotatable bonds is 8. The summed E-state index contributed by atoms with van der Waals surface area (Å²) >= 11 is 0. The van der Waals surface area contributed by atoms with E-state index in [2.05, 4.69) is 26.8 Å². The van der Waals surface area contributed by atoms with Gasteiger partial charge >= 0.3 is 0 Å². The second-order valence-electron chi connectivity index (χ2n) is 8.50. The molecule has 0 amide bonds. The number of aromatic nitrogens is 3. The van der Waals surface area contributed by atoms with Crippen molar-refractivity contribution in [3.8, 4) is 0 Å². The zero-order valence-electron chi connectivity index (χ0n) is 17.7. The molecule has 0 radical (unpaired) electrons. The lowest BCUT2D eigenvalue weighted by molar-refractivity contribution is 0.102. The molecule has 0 N–H and O–H groups in total. The first kappa shape index (κ1) is 21.2. The summed E-state index contributed by atoms with van der Waals surface area (Å²) < 4.78 is 28.8. The minimum absolute atomic E-state index is 0.242. The Morgan fingerprint density at radius 1 is 1.10 bits per heavy atom. The average Bonchev–Trinajstić information content (AvgIpc) is 3.53. The molecule has 0 unspecified atom stereocenters. The van der Waals surface area contributed by atoms with Crippen LogP contribution in [0.1, 0.15) is 37.4 Å². The van der Waals surface area contributed by atoms with Gasteiger partial charge in [0.1, 0.15) is 0 Å². The van der Waals surface area contributed by atoms with E-state index in [4.69, 9.17) is 4.74 Å². The molecule has 1 saturated heterocycles. The van der Waals surface area contributed by atoms with Crippen LogP contribution in [0.5, 0.6) is 0 Å². The van der Waals surface area contributed by atoms with Crippen molar-refractivity contribution in [2.24, 2.45) is 17.8 Å². The van der Waals surface area contributed by atoms with E-state index < -0.39 is 9.84 Å². The molecule has 8 heteroatoms. The second kappa shape index (κ2) is 8.98. The minimum atomic E-state index is -3.20. The van der Waals surface area contributed by atoms with Gasteiger partial charge in [0.05, 0.1) is 23.8 Å². The molecule has 2 aromatic rings. The van der Waals surface area contributed by atoms with Crippen LogP contribution in [0, 0.1) is 17.8 Å². The molecule has 7 nitrogen and oxygen atoms in total. The highest BCUT2D eigenvalue weighted by Crippen LogP contribution is 2.48. The van der Waals surface area contributed by atoms with Crippen molar-refractivity contribution in [1.29, 1.82) is 0 Å². The van der Waals surface area contributed by atoms with Crippen molar-refractivity contribution in [3.05, 3.63) is 42.0 Å². The zero-order chi connectivity index (χ0) is 21.1. The number of hydrogen-bond acceptors (Lipinski definition) is 7. The van der Waals surface area contributed by atoms with Gasteiger partial charge in [-0.05, 0) is 61.1 Å². The summed E-state index contributed by atoms with van der Waals surface area (Å²) in [5.74, 6) is 3.01. The Labute approximate surface area is 178 Å².